The molecule has 0 N–H and O–H groups in total. The minimum Gasteiger partial charge on any atom is -0.486 e. The van der Waals surface area contributed by atoms with Crippen molar-refractivity contribution < 1.29 is 14.3 Å². The Kier molecular flexibility index (Phi) is 5.07. The molecule has 0 radical (unpaired) electrons. The number of nitrogens with zero attached hydrogens (tertiary/aromatic N) is 1. The predicted octanol–water partition coefficient (Wildman–Crippen LogP) is 5.24. The van der Waals surface area contributed by atoms with Crippen molar-refractivity contribution >= 4 is 16.7 Å². The Bertz CT molecular complexity index is 1080. The fraction of sp³-hybridized carbons (Fsp3) is 0.346. The van der Waals surface area contributed by atoms with Crippen LogP contribution in [-0.2, 0) is 6.42 Å². The van der Waals surface area contributed by atoms with Crippen LogP contribution in [0, 0.1) is 0 Å². The molecular formula is C26H27NO3. The molecular weight excluding hydrogens is 374 g/mol. The molecule has 2 aliphatic heterocycles. The van der Waals surface area contributed by atoms with Crippen LogP contribution in [0.2, 0.25) is 0 Å². The summed E-state index contributed by atoms with van der Waals surface area (Å²) in [6.45, 7) is 3.24. The number of aryl methyl sites for hydroxylation is 1. The van der Waals surface area contributed by atoms with E-state index in [1.807, 2.05) is 18.2 Å². The van der Waals surface area contributed by atoms with E-state index in [4.69, 9.17) is 9.47 Å². The molecule has 4 nitrogen and oxygen atoms in total. The SMILES string of the molecule is C[C@@H]1CC[C@H](CCc2ccc3ccccc3c2)N1C(=O)c1ccc2c(c1)OCCO2. The summed E-state index contributed by atoms with van der Waals surface area (Å²) in [5, 5.41) is 2.55. The zero-order valence-corrected chi connectivity index (χ0v) is 17.3. The molecule has 1 amide bonds. The molecule has 154 valence electrons. The molecule has 1 fully saturated rings. The van der Waals surface area contributed by atoms with E-state index in [1.54, 1.807) is 0 Å². The zero-order chi connectivity index (χ0) is 20.5. The third-order valence-corrected chi connectivity index (χ3v) is 6.39. The first-order valence-corrected chi connectivity index (χ1v) is 10.9. The van der Waals surface area contributed by atoms with Crippen LogP contribution < -0.4 is 9.47 Å². The van der Waals surface area contributed by atoms with Crippen LogP contribution in [0.3, 0.4) is 0 Å². The number of rotatable bonds is 4. The molecule has 3 aromatic rings. The average molecular weight is 402 g/mol. The van der Waals surface area contributed by atoms with Crippen molar-refractivity contribution in [2.24, 2.45) is 0 Å². The number of fused-ring (bicyclic) bond motifs is 2. The smallest absolute Gasteiger partial charge is 0.254 e. The normalized spacial score (nSPS) is 20.5. The first kappa shape index (κ1) is 19.0. The van der Waals surface area contributed by atoms with Gasteiger partial charge in [-0.3, -0.25) is 4.79 Å². The van der Waals surface area contributed by atoms with Gasteiger partial charge in [0.05, 0.1) is 0 Å². The molecule has 0 unspecified atom stereocenters. The number of carbonyl (C=O) groups is 1. The van der Waals surface area contributed by atoms with Crippen molar-refractivity contribution in [2.75, 3.05) is 13.2 Å². The average Bonchev–Trinajstić information content (AvgIpc) is 3.17. The Balaban J connectivity index is 1.31. The highest BCUT2D eigenvalue weighted by atomic mass is 16.6. The molecule has 5 rings (SSSR count). The molecule has 3 aromatic carbocycles. The van der Waals surface area contributed by atoms with Crippen LogP contribution in [-0.4, -0.2) is 36.1 Å². The van der Waals surface area contributed by atoms with Crippen LogP contribution in [0.25, 0.3) is 10.8 Å². The lowest BCUT2D eigenvalue weighted by atomic mass is 10.00. The topological polar surface area (TPSA) is 38.8 Å². The summed E-state index contributed by atoms with van der Waals surface area (Å²) >= 11 is 0. The van der Waals surface area contributed by atoms with E-state index in [2.05, 4.69) is 54.3 Å². The van der Waals surface area contributed by atoms with E-state index < -0.39 is 0 Å². The van der Waals surface area contributed by atoms with E-state index in [0.29, 0.717) is 24.5 Å². The van der Waals surface area contributed by atoms with Gasteiger partial charge in [0, 0.05) is 17.6 Å². The van der Waals surface area contributed by atoms with Gasteiger partial charge < -0.3 is 14.4 Å². The first-order chi connectivity index (χ1) is 14.7. The van der Waals surface area contributed by atoms with E-state index in [0.717, 1.165) is 31.4 Å². The standard InChI is InChI=1S/C26H27NO3/c1-18-6-11-23(12-8-19-7-9-20-4-2-3-5-21(20)16-19)27(18)26(28)22-10-13-24-25(17-22)30-15-14-29-24/h2-5,7,9-10,13,16-18,23H,6,8,11-12,14-15H2,1H3/t18-,23-/m1/s1. The Hall–Kier alpha value is -3.01. The molecule has 0 bridgehead atoms. The molecule has 2 aliphatic rings. The first-order valence-electron chi connectivity index (χ1n) is 10.9. The lowest BCUT2D eigenvalue weighted by molar-refractivity contribution is 0.0671. The van der Waals surface area contributed by atoms with Crippen LogP contribution in [0.1, 0.15) is 42.1 Å². The maximum atomic E-state index is 13.4. The van der Waals surface area contributed by atoms with Crippen molar-refractivity contribution in [2.45, 2.75) is 44.7 Å². The van der Waals surface area contributed by atoms with Gasteiger partial charge >= 0.3 is 0 Å². The van der Waals surface area contributed by atoms with E-state index in [1.165, 1.54) is 16.3 Å². The van der Waals surface area contributed by atoms with Gasteiger partial charge in [0.25, 0.3) is 5.91 Å². The van der Waals surface area contributed by atoms with E-state index in [-0.39, 0.29) is 18.0 Å². The maximum Gasteiger partial charge on any atom is 0.254 e. The minimum absolute atomic E-state index is 0.0977. The molecule has 2 heterocycles. The van der Waals surface area contributed by atoms with Gasteiger partial charge in [0.15, 0.2) is 11.5 Å². The Morgan fingerprint density at radius 3 is 2.60 bits per heavy atom. The fourth-order valence-corrected chi connectivity index (χ4v) is 4.77. The molecule has 0 spiro atoms. The third-order valence-electron chi connectivity index (χ3n) is 6.39. The summed E-state index contributed by atoms with van der Waals surface area (Å²) in [4.78, 5) is 15.5. The van der Waals surface area contributed by atoms with Gasteiger partial charge in [0.2, 0.25) is 0 Å². The second-order valence-electron chi connectivity index (χ2n) is 8.37. The molecule has 0 aliphatic carbocycles. The monoisotopic (exact) mass is 401 g/mol. The van der Waals surface area contributed by atoms with Crippen molar-refractivity contribution in [3.05, 3.63) is 71.8 Å². The van der Waals surface area contributed by atoms with Crippen LogP contribution in [0.15, 0.2) is 60.7 Å². The van der Waals surface area contributed by atoms with Crippen molar-refractivity contribution in [1.29, 1.82) is 0 Å². The molecule has 2 atom stereocenters. The number of amides is 1. The van der Waals surface area contributed by atoms with Gasteiger partial charge in [-0.25, -0.2) is 0 Å². The number of hydrogen-bond acceptors (Lipinski definition) is 3. The summed E-state index contributed by atoms with van der Waals surface area (Å²) in [6, 6.07) is 21.2. The number of ether oxygens (including phenoxy) is 2. The van der Waals surface area contributed by atoms with Crippen LogP contribution in [0.5, 0.6) is 11.5 Å². The van der Waals surface area contributed by atoms with Crippen molar-refractivity contribution in [3.63, 3.8) is 0 Å². The second-order valence-corrected chi connectivity index (χ2v) is 8.37. The Morgan fingerprint density at radius 2 is 1.73 bits per heavy atom. The quantitative estimate of drug-likeness (QED) is 0.600. The summed E-state index contributed by atoms with van der Waals surface area (Å²) < 4.78 is 11.3. The van der Waals surface area contributed by atoms with Gasteiger partial charge in [-0.05, 0) is 67.1 Å². The second kappa shape index (κ2) is 8.02. The lowest BCUT2D eigenvalue weighted by Gasteiger charge is -2.29. The van der Waals surface area contributed by atoms with Gasteiger partial charge in [-0.1, -0.05) is 42.5 Å². The number of carbonyl (C=O) groups excluding carboxylic acids is 1. The number of likely N-dealkylation sites (tertiary alicyclic amines) is 1. The highest BCUT2D eigenvalue weighted by Gasteiger charge is 2.34. The van der Waals surface area contributed by atoms with Crippen LogP contribution >= 0.6 is 0 Å². The third kappa shape index (κ3) is 3.62. The largest absolute Gasteiger partial charge is 0.486 e. The minimum atomic E-state index is 0.0977. The van der Waals surface area contributed by atoms with Gasteiger partial charge in [-0.2, -0.15) is 0 Å². The molecule has 0 aromatic heterocycles. The highest BCUT2D eigenvalue weighted by Crippen LogP contribution is 2.34. The summed E-state index contributed by atoms with van der Waals surface area (Å²) in [5.41, 5.74) is 2.02. The Labute approximate surface area is 177 Å². The zero-order valence-electron chi connectivity index (χ0n) is 17.3. The molecule has 0 saturated carbocycles. The van der Waals surface area contributed by atoms with E-state index >= 15 is 0 Å². The fourth-order valence-electron chi connectivity index (χ4n) is 4.77. The maximum absolute atomic E-state index is 13.4. The molecule has 4 heteroatoms. The molecule has 1 saturated heterocycles. The Morgan fingerprint density at radius 1 is 0.933 bits per heavy atom. The highest BCUT2D eigenvalue weighted by molar-refractivity contribution is 5.95. The predicted molar refractivity (Wildman–Crippen MR) is 118 cm³/mol. The lowest BCUT2D eigenvalue weighted by Crippen LogP contribution is -2.40. The summed E-state index contributed by atoms with van der Waals surface area (Å²) in [6.07, 6.45) is 4.08. The summed E-state index contributed by atoms with van der Waals surface area (Å²) in [5.74, 6) is 1.49. The van der Waals surface area contributed by atoms with Gasteiger partial charge in [0.1, 0.15) is 13.2 Å². The number of hydrogen-bond donors (Lipinski definition) is 0. The summed E-state index contributed by atoms with van der Waals surface area (Å²) in [7, 11) is 0. The van der Waals surface area contributed by atoms with Gasteiger partial charge in [-0.15, -0.1) is 0 Å². The van der Waals surface area contributed by atoms with Crippen LogP contribution in [0.4, 0.5) is 0 Å². The van der Waals surface area contributed by atoms with Crippen molar-refractivity contribution in [3.8, 4) is 11.5 Å². The van der Waals surface area contributed by atoms with E-state index in [9.17, 15) is 4.79 Å². The number of benzene rings is 3. The molecule has 30 heavy (non-hydrogen) atoms. The van der Waals surface area contributed by atoms with Crippen molar-refractivity contribution in [1.82, 2.24) is 4.90 Å².